The second-order valence-electron chi connectivity index (χ2n) is 7.45. The molecule has 1 N–H and O–H groups in total. The van der Waals surface area contributed by atoms with Crippen molar-refractivity contribution in [1.29, 1.82) is 0 Å². The number of sulfonamides is 1. The summed E-state index contributed by atoms with van der Waals surface area (Å²) in [5.74, 6) is -0.197. The van der Waals surface area contributed by atoms with Gasteiger partial charge in [0.1, 0.15) is 0 Å². The number of amides is 1. The summed E-state index contributed by atoms with van der Waals surface area (Å²) in [5, 5.41) is 3.10. The van der Waals surface area contributed by atoms with Gasteiger partial charge in [-0.05, 0) is 66.8 Å². The number of carbonyl (C=O) groups excluding carboxylic acids is 1. The molecule has 1 unspecified atom stereocenters. The number of hydrogen-bond acceptors (Lipinski definition) is 3. The Kier molecular flexibility index (Phi) is 5.59. The molecule has 0 bridgehead atoms. The number of aryl methyl sites for hydroxylation is 1. The Labute approximate surface area is 177 Å². The van der Waals surface area contributed by atoms with Gasteiger partial charge in [0.2, 0.25) is 0 Å². The molecule has 30 heavy (non-hydrogen) atoms. The molecule has 0 aromatic heterocycles. The zero-order chi connectivity index (χ0) is 21.1. The molecular formula is C24H24N2O3S. The van der Waals surface area contributed by atoms with Crippen LogP contribution in [0.15, 0.2) is 83.8 Å². The Bertz CT molecular complexity index is 1140. The topological polar surface area (TPSA) is 66.5 Å². The maximum atomic E-state index is 12.9. The standard InChI is InChI=1S/C24H24N2O3S/c1-26(20-10-3-2-4-11-20)30(28,29)21-16-14-19(15-17-21)24(27)25-23-13-7-9-18-8-5-6-12-22(18)23/h2-6,8,10-12,14-17,23H,7,9,13H2,1H3,(H,25,27). The quantitative estimate of drug-likeness (QED) is 0.669. The lowest BCUT2D eigenvalue weighted by molar-refractivity contribution is 0.0932. The monoisotopic (exact) mass is 420 g/mol. The van der Waals surface area contributed by atoms with Crippen molar-refractivity contribution >= 4 is 21.6 Å². The van der Waals surface area contributed by atoms with Crippen molar-refractivity contribution in [1.82, 2.24) is 5.32 Å². The Morgan fingerprint density at radius 3 is 2.33 bits per heavy atom. The van der Waals surface area contributed by atoms with E-state index in [2.05, 4.69) is 17.4 Å². The number of nitrogens with zero attached hydrogens (tertiary/aromatic N) is 1. The van der Waals surface area contributed by atoms with Crippen LogP contribution in [0, 0.1) is 0 Å². The lowest BCUT2D eigenvalue weighted by atomic mass is 9.87. The van der Waals surface area contributed by atoms with E-state index in [1.165, 1.54) is 34.6 Å². The summed E-state index contributed by atoms with van der Waals surface area (Å²) in [6.45, 7) is 0. The lowest BCUT2D eigenvalue weighted by Gasteiger charge is -2.26. The average molecular weight is 421 g/mol. The van der Waals surface area contributed by atoms with E-state index in [1.54, 1.807) is 36.4 Å². The second kappa shape index (κ2) is 8.32. The average Bonchev–Trinajstić information content (AvgIpc) is 2.79. The molecule has 0 aliphatic heterocycles. The first kappa shape index (κ1) is 20.2. The van der Waals surface area contributed by atoms with E-state index in [1.807, 2.05) is 18.2 Å². The first-order chi connectivity index (χ1) is 14.5. The van der Waals surface area contributed by atoms with Crippen LogP contribution >= 0.6 is 0 Å². The summed E-state index contributed by atoms with van der Waals surface area (Å²) < 4.78 is 27.0. The number of benzene rings is 3. The van der Waals surface area contributed by atoms with Crippen molar-refractivity contribution in [3.8, 4) is 0 Å². The third-order valence-electron chi connectivity index (χ3n) is 5.57. The lowest BCUT2D eigenvalue weighted by Crippen LogP contribution is -2.31. The molecule has 0 saturated heterocycles. The van der Waals surface area contributed by atoms with Crippen LogP contribution in [0.1, 0.15) is 40.4 Å². The summed E-state index contributed by atoms with van der Waals surface area (Å²) in [6.07, 6.45) is 2.96. The van der Waals surface area contributed by atoms with E-state index >= 15 is 0 Å². The number of para-hydroxylation sites is 1. The van der Waals surface area contributed by atoms with Crippen molar-refractivity contribution < 1.29 is 13.2 Å². The summed E-state index contributed by atoms with van der Waals surface area (Å²) in [7, 11) is -2.18. The van der Waals surface area contributed by atoms with Gasteiger partial charge in [-0.25, -0.2) is 8.42 Å². The Hall–Kier alpha value is -3.12. The van der Waals surface area contributed by atoms with E-state index in [9.17, 15) is 13.2 Å². The third-order valence-corrected chi connectivity index (χ3v) is 7.37. The maximum Gasteiger partial charge on any atom is 0.264 e. The zero-order valence-corrected chi connectivity index (χ0v) is 17.6. The van der Waals surface area contributed by atoms with Gasteiger partial charge in [0.15, 0.2) is 0 Å². The number of carbonyl (C=O) groups is 1. The van der Waals surface area contributed by atoms with Crippen LogP contribution in [0.2, 0.25) is 0 Å². The summed E-state index contributed by atoms with van der Waals surface area (Å²) >= 11 is 0. The van der Waals surface area contributed by atoms with Gasteiger partial charge in [0.25, 0.3) is 15.9 Å². The first-order valence-corrected chi connectivity index (χ1v) is 11.4. The minimum Gasteiger partial charge on any atom is -0.345 e. The van der Waals surface area contributed by atoms with Crippen LogP contribution in [0.4, 0.5) is 5.69 Å². The van der Waals surface area contributed by atoms with Crippen LogP contribution in [-0.2, 0) is 16.4 Å². The molecule has 0 fully saturated rings. The van der Waals surface area contributed by atoms with Gasteiger partial charge < -0.3 is 5.32 Å². The molecule has 5 nitrogen and oxygen atoms in total. The largest absolute Gasteiger partial charge is 0.345 e. The second-order valence-corrected chi connectivity index (χ2v) is 9.42. The fourth-order valence-corrected chi connectivity index (χ4v) is 5.05. The van der Waals surface area contributed by atoms with E-state index in [0.717, 1.165) is 19.3 Å². The maximum absolute atomic E-state index is 12.9. The molecule has 1 aliphatic rings. The van der Waals surface area contributed by atoms with E-state index in [4.69, 9.17) is 0 Å². The summed E-state index contributed by atoms with van der Waals surface area (Å²) in [5.41, 5.74) is 3.47. The van der Waals surface area contributed by atoms with Crippen LogP contribution in [-0.4, -0.2) is 21.4 Å². The van der Waals surface area contributed by atoms with Crippen molar-refractivity contribution in [2.75, 3.05) is 11.4 Å². The highest BCUT2D eigenvalue weighted by atomic mass is 32.2. The molecule has 0 spiro atoms. The van der Waals surface area contributed by atoms with E-state index < -0.39 is 10.0 Å². The number of anilines is 1. The molecule has 154 valence electrons. The van der Waals surface area contributed by atoms with E-state index in [-0.39, 0.29) is 16.8 Å². The van der Waals surface area contributed by atoms with Gasteiger partial charge in [-0.2, -0.15) is 0 Å². The Morgan fingerprint density at radius 1 is 0.933 bits per heavy atom. The smallest absolute Gasteiger partial charge is 0.264 e. The number of fused-ring (bicyclic) bond motifs is 1. The molecule has 1 atom stereocenters. The number of rotatable bonds is 5. The van der Waals surface area contributed by atoms with Crippen molar-refractivity contribution in [2.45, 2.75) is 30.2 Å². The number of hydrogen-bond donors (Lipinski definition) is 1. The minimum absolute atomic E-state index is 0.0185. The van der Waals surface area contributed by atoms with Crippen molar-refractivity contribution in [2.24, 2.45) is 0 Å². The Balaban J connectivity index is 1.51. The predicted molar refractivity (Wildman–Crippen MR) is 118 cm³/mol. The summed E-state index contributed by atoms with van der Waals surface area (Å²) in [4.78, 5) is 12.9. The normalized spacial score (nSPS) is 15.8. The third kappa shape index (κ3) is 3.96. The van der Waals surface area contributed by atoms with Gasteiger partial charge in [-0.1, -0.05) is 42.5 Å². The molecule has 0 radical (unpaired) electrons. The van der Waals surface area contributed by atoms with Gasteiger partial charge in [0, 0.05) is 12.6 Å². The molecule has 0 heterocycles. The van der Waals surface area contributed by atoms with Crippen molar-refractivity contribution in [3.05, 3.63) is 95.6 Å². The fraction of sp³-hybridized carbons (Fsp3) is 0.208. The predicted octanol–water partition coefficient (Wildman–Crippen LogP) is 4.32. The molecule has 1 amide bonds. The molecule has 3 aromatic carbocycles. The van der Waals surface area contributed by atoms with E-state index in [0.29, 0.717) is 11.3 Å². The Morgan fingerprint density at radius 2 is 1.60 bits per heavy atom. The molecule has 6 heteroatoms. The van der Waals surface area contributed by atoms with Crippen molar-refractivity contribution in [3.63, 3.8) is 0 Å². The zero-order valence-electron chi connectivity index (χ0n) is 16.8. The van der Waals surface area contributed by atoms with Gasteiger partial charge in [-0.15, -0.1) is 0 Å². The first-order valence-electron chi connectivity index (χ1n) is 9.99. The van der Waals surface area contributed by atoms with Gasteiger partial charge in [0.05, 0.1) is 16.6 Å². The molecule has 4 rings (SSSR count). The van der Waals surface area contributed by atoms with Gasteiger partial charge in [-0.3, -0.25) is 9.10 Å². The minimum atomic E-state index is -3.70. The fourth-order valence-electron chi connectivity index (χ4n) is 3.86. The molecule has 0 saturated carbocycles. The molecular weight excluding hydrogens is 396 g/mol. The molecule has 1 aliphatic carbocycles. The highest BCUT2D eigenvalue weighted by molar-refractivity contribution is 7.92. The highest BCUT2D eigenvalue weighted by Crippen LogP contribution is 2.30. The molecule has 3 aromatic rings. The van der Waals surface area contributed by atoms with Crippen LogP contribution in [0.25, 0.3) is 0 Å². The van der Waals surface area contributed by atoms with Crippen LogP contribution < -0.4 is 9.62 Å². The van der Waals surface area contributed by atoms with Crippen LogP contribution in [0.3, 0.4) is 0 Å². The summed E-state index contributed by atoms with van der Waals surface area (Å²) in [6, 6.07) is 23.2. The van der Waals surface area contributed by atoms with Crippen LogP contribution in [0.5, 0.6) is 0 Å². The SMILES string of the molecule is CN(c1ccccc1)S(=O)(=O)c1ccc(C(=O)NC2CCCc3ccccc32)cc1. The van der Waals surface area contributed by atoms with Gasteiger partial charge >= 0.3 is 0 Å². The number of nitrogens with one attached hydrogen (secondary N) is 1. The highest BCUT2D eigenvalue weighted by Gasteiger charge is 2.24.